The third kappa shape index (κ3) is 2.43. The minimum Gasteiger partial charge on any atom is -0.457 e. The van der Waals surface area contributed by atoms with E-state index in [0.29, 0.717) is 30.2 Å². The van der Waals surface area contributed by atoms with Gasteiger partial charge in [-0.2, -0.15) is 5.26 Å². The molecule has 1 spiro atoms. The summed E-state index contributed by atoms with van der Waals surface area (Å²) in [5, 5.41) is 11.9. The highest BCUT2D eigenvalue weighted by atomic mass is 16.5. The third-order valence-corrected chi connectivity index (χ3v) is 4.51. The second-order valence-electron chi connectivity index (χ2n) is 6.06. The summed E-state index contributed by atoms with van der Waals surface area (Å²) in [5.41, 5.74) is 1.75. The molecule has 0 bridgehead atoms. The molecule has 7 nitrogen and oxygen atoms in total. The number of benzene rings is 1. The zero-order valence-corrected chi connectivity index (χ0v) is 13.2. The van der Waals surface area contributed by atoms with Crippen molar-refractivity contribution in [3.63, 3.8) is 0 Å². The molecule has 25 heavy (non-hydrogen) atoms. The Morgan fingerprint density at radius 1 is 1.36 bits per heavy atom. The molecule has 0 radical (unpaired) electrons. The molecule has 7 heteroatoms. The number of pyridine rings is 1. The molecule has 1 amide bonds. The van der Waals surface area contributed by atoms with Crippen LogP contribution < -0.4 is 10.1 Å². The number of likely N-dealkylation sites (tertiary alicyclic amines) is 1. The highest BCUT2D eigenvalue weighted by Crippen LogP contribution is 2.38. The lowest BCUT2D eigenvalue weighted by molar-refractivity contribution is -0.131. The number of ether oxygens (including phenoxy) is 1. The summed E-state index contributed by atoms with van der Waals surface area (Å²) in [5.74, 6) is 0.112. The normalized spacial score (nSPS) is 21.0. The lowest BCUT2D eigenvalue weighted by atomic mass is 9.99. The molecule has 0 saturated carbocycles. The van der Waals surface area contributed by atoms with Crippen molar-refractivity contribution in [2.45, 2.75) is 12.0 Å². The van der Waals surface area contributed by atoms with E-state index < -0.39 is 5.60 Å². The monoisotopic (exact) mass is 331 g/mol. The van der Waals surface area contributed by atoms with Gasteiger partial charge in [-0.25, -0.2) is 9.83 Å². The summed E-state index contributed by atoms with van der Waals surface area (Å²) >= 11 is 0. The van der Waals surface area contributed by atoms with E-state index in [1.165, 1.54) is 4.90 Å². The first-order valence-corrected chi connectivity index (χ1v) is 7.77. The van der Waals surface area contributed by atoms with E-state index >= 15 is 0 Å². The SMILES string of the molecule is [C-]#[N+]c1ccc(-c2cnc3c(c2)NC(=O)[C@@]2(CCN(C#N)C2)O3)cc1. The summed E-state index contributed by atoms with van der Waals surface area (Å²) in [7, 11) is 0. The van der Waals surface area contributed by atoms with Crippen LogP contribution in [0.25, 0.3) is 16.0 Å². The van der Waals surface area contributed by atoms with Crippen molar-refractivity contribution >= 4 is 17.3 Å². The van der Waals surface area contributed by atoms with Gasteiger partial charge in [0.05, 0.1) is 13.1 Å². The molecule has 122 valence electrons. The smallest absolute Gasteiger partial charge is 0.270 e. The van der Waals surface area contributed by atoms with Crippen molar-refractivity contribution in [1.29, 1.82) is 5.26 Å². The first kappa shape index (κ1) is 15.0. The van der Waals surface area contributed by atoms with Gasteiger partial charge in [0, 0.05) is 24.7 Å². The largest absolute Gasteiger partial charge is 0.457 e. The number of fused-ring (bicyclic) bond motifs is 1. The number of nitrogens with zero attached hydrogens (tertiary/aromatic N) is 4. The van der Waals surface area contributed by atoms with E-state index in [-0.39, 0.29) is 12.5 Å². The number of nitrogens with one attached hydrogen (secondary N) is 1. The highest BCUT2D eigenvalue weighted by molar-refractivity contribution is 6.01. The Labute approximate surface area is 144 Å². The van der Waals surface area contributed by atoms with Crippen LogP contribution in [0.3, 0.4) is 0 Å². The first-order valence-electron chi connectivity index (χ1n) is 7.77. The molecule has 3 heterocycles. The van der Waals surface area contributed by atoms with E-state index in [9.17, 15) is 4.79 Å². The fraction of sp³-hybridized carbons (Fsp3) is 0.222. The number of amides is 1. The van der Waals surface area contributed by atoms with E-state index in [1.807, 2.05) is 12.1 Å². The molecule has 0 unspecified atom stereocenters. The number of nitriles is 1. The molecule has 4 rings (SSSR count). The van der Waals surface area contributed by atoms with E-state index in [4.69, 9.17) is 16.6 Å². The predicted octanol–water partition coefficient (Wildman–Crippen LogP) is 2.56. The van der Waals surface area contributed by atoms with Crippen molar-refractivity contribution in [3.05, 3.63) is 47.9 Å². The lowest BCUT2D eigenvalue weighted by Crippen LogP contribution is -2.52. The van der Waals surface area contributed by atoms with Crippen LogP contribution in [0, 0.1) is 18.0 Å². The molecule has 2 aromatic rings. The average molecular weight is 331 g/mol. The van der Waals surface area contributed by atoms with Gasteiger partial charge in [-0.05, 0) is 11.6 Å². The Kier molecular flexibility index (Phi) is 3.29. The Morgan fingerprint density at radius 3 is 2.84 bits per heavy atom. The van der Waals surface area contributed by atoms with Gasteiger partial charge >= 0.3 is 0 Å². The van der Waals surface area contributed by atoms with Gasteiger partial charge in [0.15, 0.2) is 11.9 Å². The van der Waals surface area contributed by atoms with Crippen LogP contribution in [0.2, 0.25) is 0 Å². The fourth-order valence-corrected chi connectivity index (χ4v) is 3.11. The van der Waals surface area contributed by atoms with Crippen molar-refractivity contribution in [2.75, 3.05) is 18.4 Å². The number of carbonyl (C=O) groups is 1. The van der Waals surface area contributed by atoms with E-state index in [1.54, 1.807) is 24.4 Å². The van der Waals surface area contributed by atoms with Crippen LogP contribution in [0.5, 0.6) is 5.88 Å². The third-order valence-electron chi connectivity index (χ3n) is 4.51. The summed E-state index contributed by atoms with van der Waals surface area (Å²) in [6, 6.07) is 8.95. The van der Waals surface area contributed by atoms with Gasteiger partial charge in [0.2, 0.25) is 11.5 Å². The quantitative estimate of drug-likeness (QED) is 0.641. The van der Waals surface area contributed by atoms with E-state index in [2.05, 4.69) is 21.3 Å². The number of rotatable bonds is 1. The number of carbonyl (C=O) groups excluding carboxylic acids is 1. The minimum absolute atomic E-state index is 0.232. The van der Waals surface area contributed by atoms with Gasteiger partial charge in [-0.1, -0.05) is 24.3 Å². The first-order chi connectivity index (χ1) is 12.1. The van der Waals surface area contributed by atoms with Gasteiger partial charge in [-0.15, -0.1) is 0 Å². The molecule has 2 aliphatic heterocycles. The lowest BCUT2D eigenvalue weighted by Gasteiger charge is -2.33. The standard InChI is InChI=1S/C18H13N5O2/c1-20-14-4-2-12(3-5-14)13-8-15-16(21-9-13)25-18(17(24)22-15)6-7-23(10-18)11-19/h2-5,8-9H,6-7,10H2,(H,22,24)/t18-/m0/s1. The van der Waals surface area contributed by atoms with Gasteiger partial charge < -0.3 is 15.0 Å². The Hall–Kier alpha value is -3.58. The molecule has 0 aliphatic carbocycles. The zero-order chi connectivity index (χ0) is 17.4. The summed E-state index contributed by atoms with van der Waals surface area (Å²) < 4.78 is 5.90. The summed E-state index contributed by atoms with van der Waals surface area (Å²) in [6.07, 6.45) is 4.18. The van der Waals surface area contributed by atoms with Crippen LogP contribution in [0.1, 0.15) is 6.42 Å². The molecule has 1 atom stereocenters. The molecule has 1 aromatic heterocycles. The maximum atomic E-state index is 12.5. The minimum atomic E-state index is -1.05. The van der Waals surface area contributed by atoms with Crippen LogP contribution >= 0.6 is 0 Å². The molecule has 2 aliphatic rings. The van der Waals surface area contributed by atoms with Gasteiger partial charge in [0.1, 0.15) is 5.69 Å². The number of hydrogen-bond acceptors (Lipinski definition) is 5. The maximum Gasteiger partial charge on any atom is 0.270 e. The van der Waals surface area contributed by atoms with Crippen molar-refractivity contribution < 1.29 is 9.53 Å². The summed E-state index contributed by atoms with van der Waals surface area (Å²) in [4.78, 5) is 21.8. The van der Waals surface area contributed by atoms with Crippen LogP contribution in [0.4, 0.5) is 11.4 Å². The number of aromatic nitrogens is 1. The summed E-state index contributed by atoms with van der Waals surface area (Å²) in [6.45, 7) is 7.72. The van der Waals surface area contributed by atoms with Crippen LogP contribution in [-0.4, -0.2) is 34.5 Å². The van der Waals surface area contributed by atoms with Crippen molar-refractivity contribution in [2.24, 2.45) is 0 Å². The van der Waals surface area contributed by atoms with Gasteiger partial charge in [-0.3, -0.25) is 4.79 Å². The number of anilines is 1. The van der Waals surface area contributed by atoms with Crippen molar-refractivity contribution in [1.82, 2.24) is 9.88 Å². The molecule has 1 aromatic carbocycles. The van der Waals surface area contributed by atoms with Gasteiger partial charge in [0.25, 0.3) is 5.91 Å². The fourth-order valence-electron chi connectivity index (χ4n) is 3.11. The second kappa shape index (κ2) is 5.50. The Balaban J connectivity index is 1.65. The van der Waals surface area contributed by atoms with E-state index in [0.717, 1.165) is 11.1 Å². The molecular weight excluding hydrogens is 318 g/mol. The average Bonchev–Trinajstić information content (AvgIpc) is 3.07. The zero-order valence-electron chi connectivity index (χ0n) is 13.2. The Morgan fingerprint density at radius 2 is 2.16 bits per heavy atom. The molecular formula is C18H13N5O2. The number of hydrogen-bond donors (Lipinski definition) is 1. The van der Waals surface area contributed by atoms with Crippen molar-refractivity contribution in [3.8, 4) is 23.2 Å². The second-order valence-corrected chi connectivity index (χ2v) is 6.06. The van der Waals surface area contributed by atoms with Crippen LogP contribution in [-0.2, 0) is 4.79 Å². The maximum absolute atomic E-state index is 12.5. The molecule has 1 N–H and O–H groups in total. The molecule has 1 saturated heterocycles. The van der Waals surface area contributed by atoms with Crippen LogP contribution in [0.15, 0.2) is 36.5 Å². The Bertz CT molecular complexity index is 941. The topological polar surface area (TPSA) is 82.6 Å². The molecule has 1 fully saturated rings. The highest BCUT2D eigenvalue weighted by Gasteiger charge is 2.50. The predicted molar refractivity (Wildman–Crippen MR) is 89.7 cm³/mol.